The molecule has 0 aromatic carbocycles. The average molecular weight is 286 g/mol. The van der Waals surface area contributed by atoms with Gasteiger partial charge in [0.15, 0.2) is 0 Å². The lowest BCUT2D eigenvalue weighted by molar-refractivity contribution is -0.0110. The molecule has 2 rings (SSSR count). The lowest BCUT2D eigenvalue weighted by atomic mass is 9.88. The van der Waals surface area contributed by atoms with Crippen molar-refractivity contribution < 1.29 is 4.74 Å². The van der Waals surface area contributed by atoms with Crippen molar-refractivity contribution in [3.05, 3.63) is 16.4 Å². The fourth-order valence-electron chi connectivity index (χ4n) is 2.94. The molecular formula is C14H24ClN3O. The van der Waals surface area contributed by atoms with Crippen molar-refractivity contribution in [1.29, 1.82) is 0 Å². The first kappa shape index (κ1) is 14.8. The molecule has 0 saturated carbocycles. The summed E-state index contributed by atoms with van der Waals surface area (Å²) in [6.07, 6.45) is 3.10. The van der Waals surface area contributed by atoms with Crippen LogP contribution >= 0.6 is 11.6 Å². The molecule has 1 aromatic rings. The van der Waals surface area contributed by atoms with Crippen LogP contribution in [0.2, 0.25) is 5.15 Å². The Bertz CT molecular complexity index is 438. The molecule has 1 aliphatic rings. The number of ether oxygens (including phenoxy) is 1. The summed E-state index contributed by atoms with van der Waals surface area (Å²) in [5.41, 5.74) is 2.05. The van der Waals surface area contributed by atoms with Crippen LogP contribution in [0.15, 0.2) is 0 Å². The standard InChI is InChI=1S/C14H24ClN3O/c1-5-16-12(14(3)7-6-8-19-14)9-11-10(2)17-18(4)13(11)15/h12,16H,5-9H2,1-4H3. The summed E-state index contributed by atoms with van der Waals surface area (Å²) in [6.45, 7) is 8.14. The first-order valence-electron chi connectivity index (χ1n) is 7.03. The van der Waals surface area contributed by atoms with E-state index in [4.69, 9.17) is 16.3 Å². The maximum absolute atomic E-state index is 6.34. The highest BCUT2D eigenvalue weighted by Gasteiger charge is 2.38. The van der Waals surface area contributed by atoms with E-state index < -0.39 is 0 Å². The second kappa shape index (κ2) is 5.81. The normalized spacial score (nSPS) is 24.9. The monoisotopic (exact) mass is 285 g/mol. The average Bonchev–Trinajstić information content (AvgIpc) is 2.89. The topological polar surface area (TPSA) is 39.1 Å². The molecule has 1 saturated heterocycles. The largest absolute Gasteiger partial charge is 0.374 e. The minimum Gasteiger partial charge on any atom is -0.374 e. The van der Waals surface area contributed by atoms with E-state index in [0.717, 1.165) is 48.8 Å². The van der Waals surface area contributed by atoms with E-state index in [-0.39, 0.29) is 11.6 Å². The minimum absolute atomic E-state index is 0.0956. The summed E-state index contributed by atoms with van der Waals surface area (Å²) < 4.78 is 7.72. The van der Waals surface area contributed by atoms with Crippen LogP contribution < -0.4 is 5.32 Å². The van der Waals surface area contributed by atoms with Crippen molar-refractivity contribution >= 4 is 11.6 Å². The fraction of sp³-hybridized carbons (Fsp3) is 0.786. The van der Waals surface area contributed by atoms with Gasteiger partial charge in [-0.25, -0.2) is 0 Å². The van der Waals surface area contributed by atoms with Gasteiger partial charge in [-0.15, -0.1) is 0 Å². The molecule has 2 unspecified atom stereocenters. The first-order chi connectivity index (χ1) is 8.98. The van der Waals surface area contributed by atoms with Crippen molar-refractivity contribution in [1.82, 2.24) is 15.1 Å². The molecule has 0 radical (unpaired) electrons. The molecule has 1 N–H and O–H groups in total. The van der Waals surface area contributed by atoms with Gasteiger partial charge in [0.2, 0.25) is 0 Å². The Kier molecular flexibility index (Phi) is 4.54. The van der Waals surface area contributed by atoms with Gasteiger partial charge in [-0.05, 0) is 39.7 Å². The van der Waals surface area contributed by atoms with E-state index in [1.165, 1.54) is 0 Å². The highest BCUT2D eigenvalue weighted by atomic mass is 35.5. The molecule has 0 bridgehead atoms. The van der Waals surface area contributed by atoms with Gasteiger partial charge < -0.3 is 10.1 Å². The quantitative estimate of drug-likeness (QED) is 0.903. The maximum Gasteiger partial charge on any atom is 0.130 e. The number of aryl methyl sites for hydroxylation is 2. The van der Waals surface area contributed by atoms with Crippen LogP contribution in [-0.4, -0.2) is 34.6 Å². The Morgan fingerprint density at radius 1 is 1.58 bits per heavy atom. The summed E-state index contributed by atoms with van der Waals surface area (Å²) in [7, 11) is 1.88. The third-order valence-corrected chi connectivity index (χ3v) is 4.59. The van der Waals surface area contributed by atoms with Gasteiger partial charge in [0.25, 0.3) is 0 Å². The first-order valence-corrected chi connectivity index (χ1v) is 7.41. The van der Waals surface area contributed by atoms with Gasteiger partial charge in [0.05, 0.1) is 11.3 Å². The molecule has 0 aliphatic carbocycles. The fourth-order valence-corrected chi connectivity index (χ4v) is 3.19. The van der Waals surface area contributed by atoms with Gasteiger partial charge in [-0.3, -0.25) is 4.68 Å². The number of rotatable bonds is 5. The maximum atomic E-state index is 6.34. The number of nitrogens with one attached hydrogen (secondary N) is 1. The summed E-state index contributed by atoms with van der Waals surface area (Å²) in [6, 6.07) is 0.278. The smallest absolute Gasteiger partial charge is 0.130 e. The van der Waals surface area contributed by atoms with Crippen molar-refractivity contribution in [2.75, 3.05) is 13.2 Å². The Labute approximate surface area is 120 Å². The summed E-state index contributed by atoms with van der Waals surface area (Å²) in [5, 5.41) is 8.68. The van der Waals surface area contributed by atoms with Gasteiger partial charge >= 0.3 is 0 Å². The number of likely N-dealkylation sites (N-methyl/N-ethyl adjacent to an activating group) is 1. The molecule has 19 heavy (non-hydrogen) atoms. The zero-order chi connectivity index (χ0) is 14.0. The lowest BCUT2D eigenvalue weighted by Gasteiger charge is -2.34. The highest BCUT2D eigenvalue weighted by Crippen LogP contribution is 2.32. The molecule has 1 aromatic heterocycles. The third kappa shape index (κ3) is 2.96. The highest BCUT2D eigenvalue weighted by molar-refractivity contribution is 6.30. The second-order valence-corrected chi connectivity index (χ2v) is 5.92. The van der Waals surface area contributed by atoms with Crippen LogP contribution in [0, 0.1) is 6.92 Å². The Hall–Kier alpha value is -0.580. The van der Waals surface area contributed by atoms with E-state index >= 15 is 0 Å². The predicted octanol–water partition coefficient (Wildman–Crippen LogP) is 2.47. The summed E-state index contributed by atoms with van der Waals surface area (Å²) in [5.74, 6) is 0. The van der Waals surface area contributed by atoms with Crippen molar-refractivity contribution in [3.8, 4) is 0 Å². The molecule has 0 spiro atoms. The van der Waals surface area contributed by atoms with Crippen LogP contribution in [-0.2, 0) is 18.2 Å². The van der Waals surface area contributed by atoms with Crippen molar-refractivity contribution in [2.24, 2.45) is 7.05 Å². The molecule has 5 heteroatoms. The Morgan fingerprint density at radius 2 is 2.32 bits per heavy atom. The number of aromatic nitrogens is 2. The number of halogens is 1. The lowest BCUT2D eigenvalue weighted by Crippen LogP contribution is -2.49. The molecule has 108 valence electrons. The van der Waals surface area contributed by atoms with Crippen molar-refractivity contribution in [3.63, 3.8) is 0 Å². The van der Waals surface area contributed by atoms with Gasteiger partial charge in [-0.2, -0.15) is 5.10 Å². The Balaban J connectivity index is 2.21. The second-order valence-electron chi connectivity index (χ2n) is 5.56. The van der Waals surface area contributed by atoms with E-state index in [9.17, 15) is 0 Å². The van der Waals surface area contributed by atoms with Crippen LogP contribution in [0.5, 0.6) is 0 Å². The minimum atomic E-state index is -0.0956. The van der Waals surface area contributed by atoms with E-state index in [1.54, 1.807) is 4.68 Å². The molecule has 2 heterocycles. The van der Waals surface area contributed by atoms with Crippen LogP contribution in [0.3, 0.4) is 0 Å². The SMILES string of the molecule is CCNC(Cc1c(C)nn(C)c1Cl)C1(C)CCCO1. The molecule has 4 nitrogen and oxygen atoms in total. The zero-order valence-corrected chi connectivity index (χ0v) is 13.0. The number of nitrogens with zero attached hydrogens (tertiary/aromatic N) is 2. The molecular weight excluding hydrogens is 262 g/mol. The van der Waals surface area contributed by atoms with Crippen LogP contribution in [0.1, 0.15) is 37.9 Å². The van der Waals surface area contributed by atoms with Gasteiger partial charge in [-0.1, -0.05) is 18.5 Å². The Morgan fingerprint density at radius 3 is 2.79 bits per heavy atom. The van der Waals surface area contributed by atoms with Crippen LogP contribution in [0.25, 0.3) is 0 Å². The summed E-state index contributed by atoms with van der Waals surface area (Å²) >= 11 is 6.34. The van der Waals surface area contributed by atoms with Crippen molar-refractivity contribution in [2.45, 2.75) is 51.7 Å². The zero-order valence-electron chi connectivity index (χ0n) is 12.3. The van der Waals surface area contributed by atoms with E-state index in [0.29, 0.717) is 0 Å². The summed E-state index contributed by atoms with van der Waals surface area (Å²) in [4.78, 5) is 0. The molecule has 2 atom stereocenters. The molecule has 0 amide bonds. The molecule has 1 fully saturated rings. The number of hydrogen-bond acceptors (Lipinski definition) is 3. The third-order valence-electron chi connectivity index (χ3n) is 4.12. The number of hydrogen-bond donors (Lipinski definition) is 1. The predicted molar refractivity (Wildman–Crippen MR) is 77.7 cm³/mol. The van der Waals surface area contributed by atoms with E-state index in [2.05, 4.69) is 24.3 Å². The van der Waals surface area contributed by atoms with Gasteiger partial charge in [0.1, 0.15) is 5.15 Å². The van der Waals surface area contributed by atoms with E-state index in [1.807, 2.05) is 14.0 Å². The molecule has 1 aliphatic heterocycles. The van der Waals surface area contributed by atoms with Gasteiger partial charge in [0, 0.05) is 25.3 Å². The van der Waals surface area contributed by atoms with Crippen LogP contribution in [0.4, 0.5) is 0 Å².